The molecule has 5 heterocycles. The van der Waals surface area contributed by atoms with Crippen molar-refractivity contribution in [3.8, 4) is 23.0 Å². The van der Waals surface area contributed by atoms with Gasteiger partial charge in [0.25, 0.3) is 5.88 Å². The molecule has 6 rings (SSSR count). The number of pyridine rings is 1. The van der Waals surface area contributed by atoms with Gasteiger partial charge in [0.2, 0.25) is 0 Å². The maximum Gasteiger partial charge on any atom is 0.275 e. The molecule has 0 amide bonds. The van der Waals surface area contributed by atoms with Gasteiger partial charge in [0.15, 0.2) is 23.0 Å². The van der Waals surface area contributed by atoms with Gasteiger partial charge in [-0.25, -0.2) is 4.39 Å². The lowest BCUT2D eigenvalue weighted by Gasteiger charge is -2.41. The number of ether oxygens (including phenoxy) is 4. The van der Waals surface area contributed by atoms with E-state index < -0.39 is 5.79 Å². The Bertz CT molecular complexity index is 1450. The first-order valence-corrected chi connectivity index (χ1v) is 12.6. The SMILES string of the molecule is COc1cc2nnc(-c3ccc(F)cc3)n2nc1OCc1ccc2c(n1)CCN(C1COC(C)(C)OC1)C2. The minimum absolute atomic E-state index is 0.221. The highest BCUT2D eigenvalue weighted by atomic mass is 19.1. The van der Waals surface area contributed by atoms with E-state index in [1.807, 2.05) is 19.9 Å². The van der Waals surface area contributed by atoms with E-state index in [1.54, 1.807) is 29.8 Å². The molecule has 0 aliphatic carbocycles. The lowest BCUT2D eigenvalue weighted by atomic mass is 10.0. The largest absolute Gasteiger partial charge is 0.491 e. The summed E-state index contributed by atoms with van der Waals surface area (Å²) in [4.78, 5) is 7.26. The van der Waals surface area contributed by atoms with Crippen LogP contribution in [0.2, 0.25) is 0 Å². The van der Waals surface area contributed by atoms with Crippen molar-refractivity contribution in [2.75, 3.05) is 26.9 Å². The van der Waals surface area contributed by atoms with E-state index in [0.717, 1.165) is 30.9 Å². The zero-order valence-electron chi connectivity index (χ0n) is 21.6. The third-order valence-corrected chi connectivity index (χ3v) is 6.90. The van der Waals surface area contributed by atoms with Crippen LogP contribution in [0.1, 0.15) is 30.8 Å². The minimum Gasteiger partial charge on any atom is -0.491 e. The molecule has 198 valence electrons. The molecule has 0 atom stereocenters. The van der Waals surface area contributed by atoms with Crippen molar-refractivity contribution in [3.63, 3.8) is 0 Å². The van der Waals surface area contributed by atoms with Gasteiger partial charge in [0.1, 0.15) is 12.4 Å². The van der Waals surface area contributed by atoms with Gasteiger partial charge in [-0.1, -0.05) is 6.07 Å². The van der Waals surface area contributed by atoms with Crippen LogP contribution in [0.4, 0.5) is 4.39 Å². The van der Waals surface area contributed by atoms with E-state index in [9.17, 15) is 4.39 Å². The number of fused-ring (bicyclic) bond motifs is 2. The van der Waals surface area contributed by atoms with Crippen molar-refractivity contribution in [2.45, 2.75) is 45.2 Å². The Kier molecular flexibility index (Phi) is 6.42. The maximum atomic E-state index is 13.4. The highest BCUT2D eigenvalue weighted by Gasteiger charge is 2.33. The van der Waals surface area contributed by atoms with E-state index in [0.29, 0.717) is 36.0 Å². The van der Waals surface area contributed by atoms with Gasteiger partial charge in [-0.3, -0.25) is 9.88 Å². The number of hydrogen-bond acceptors (Lipinski definition) is 9. The first kappa shape index (κ1) is 24.7. The van der Waals surface area contributed by atoms with Gasteiger partial charge >= 0.3 is 0 Å². The zero-order valence-corrected chi connectivity index (χ0v) is 21.6. The molecular weight excluding hydrogens is 491 g/mol. The summed E-state index contributed by atoms with van der Waals surface area (Å²) >= 11 is 0. The number of rotatable bonds is 6. The van der Waals surface area contributed by atoms with Crippen LogP contribution in [-0.4, -0.2) is 68.4 Å². The normalized spacial score (nSPS) is 17.9. The lowest BCUT2D eigenvalue weighted by molar-refractivity contribution is -0.264. The number of aromatic nitrogens is 5. The molecule has 0 spiro atoms. The second kappa shape index (κ2) is 9.90. The molecule has 3 aromatic heterocycles. The van der Waals surface area contributed by atoms with E-state index >= 15 is 0 Å². The quantitative estimate of drug-likeness (QED) is 0.379. The molecular formula is C27H29FN6O4. The van der Waals surface area contributed by atoms with Crippen LogP contribution in [0.25, 0.3) is 17.0 Å². The first-order valence-electron chi connectivity index (χ1n) is 12.6. The van der Waals surface area contributed by atoms with Crippen molar-refractivity contribution < 1.29 is 23.3 Å². The number of halogens is 1. The summed E-state index contributed by atoms with van der Waals surface area (Å²) in [6.45, 7) is 7.15. The van der Waals surface area contributed by atoms with Crippen molar-refractivity contribution >= 4 is 5.65 Å². The van der Waals surface area contributed by atoms with Crippen LogP contribution in [0.15, 0.2) is 42.5 Å². The highest BCUT2D eigenvalue weighted by molar-refractivity contribution is 5.60. The van der Waals surface area contributed by atoms with Crippen LogP contribution in [0, 0.1) is 5.82 Å². The molecule has 1 aromatic carbocycles. The first-order chi connectivity index (χ1) is 18.4. The fourth-order valence-electron chi connectivity index (χ4n) is 4.74. The molecule has 0 bridgehead atoms. The van der Waals surface area contributed by atoms with Crippen molar-refractivity contribution in [1.82, 2.24) is 29.7 Å². The Morgan fingerprint density at radius 2 is 1.87 bits per heavy atom. The van der Waals surface area contributed by atoms with Crippen LogP contribution in [0.5, 0.6) is 11.6 Å². The smallest absolute Gasteiger partial charge is 0.275 e. The van der Waals surface area contributed by atoms with Crippen molar-refractivity contribution in [1.29, 1.82) is 0 Å². The second-order valence-electron chi connectivity index (χ2n) is 9.91. The minimum atomic E-state index is -0.514. The maximum absolute atomic E-state index is 13.4. The molecule has 1 saturated heterocycles. The van der Waals surface area contributed by atoms with Crippen LogP contribution in [-0.2, 0) is 29.0 Å². The fraction of sp³-hybridized carbons (Fsp3) is 0.407. The molecule has 0 N–H and O–H groups in total. The summed E-state index contributed by atoms with van der Waals surface area (Å²) in [7, 11) is 1.55. The summed E-state index contributed by atoms with van der Waals surface area (Å²) in [6, 6.07) is 12.0. The Morgan fingerprint density at radius 1 is 1.08 bits per heavy atom. The molecule has 1 fully saturated rings. The fourth-order valence-corrected chi connectivity index (χ4v) is 4.74. The van der Waals surface area contributed by atoms with Crippen LogP contribution >= 0.6 is 0 Å². The van der Waals surface area contributed by atoms with E-state index in [4.69, 9.17) is 23.9 Å². The van der Waals surface area contributed by atoms with Crippen LogP contribution in [0.3, 0.4) is 0 Å². The third kappa shape index (κ3) is 4.92. The number of nitrogens with zero attached hydrogens (tertiary/aromatic N) is 6. The summed E-state index contributed by atoms with van der Waals surface area (Å²) in [6.07, 6.45) is 0.846. The zero-order chi connectivity index (χ0) is 26.3. The monoisotopic (exact) mass is 520 g/mol. The molecule has 10 nitrogen and oxygen atoms in total. The van der Waals surface area contributed by atoms with Crippen molar-refractivity contribution in [2.24, 2.45) is 0 Å². The standard InChI is InChI=1S/C27H29FN6O4/c1-27(2)37-15-21(16-38-27)33-11-10-22-18(13-33)6-9-20(29-22)14-36-26-23(35-3)12-24-30-31-25(34(24)32-26)17-4-7-19(28)8-5-17/h4-9,12,21H,10-11,13-16H2,1-3H3. The highest BCUT2D eigenvalue weighted by Crippen LogP contribution is 2.29. The van der Waals surface area contributed by atoms with Gasteiger partial charge in [-0.15, -0.1) is 15.3 Å². The van der Waals surface area contributed by atoms with E-state index in [1.165, 1.54) is 17.7 Å². The molecule has 38 heavy (non-hydrogen) atoms. The summed E-state index contributed by atoms with van der Waals surface area (Å²) in [5, 5.41) is 13.0. The average Bonchev–Trinajstić information content (AvgIpc) is 3.34. The van der Waals surface area contributed by atoms with Gasteiger partial charge in [-0.2, -0.15) is 4.52 Å². The third-order valence-electron chi connectivity index (χ3n) is 6.90. The summed E-state index contributed by atoms with van der Waals surface area (Å²) in [5.41, 5.74) is 4.25. The number of hydrogen-bond donors (Lipinski definition) is 0. The summed E-state index contributed by atoms with van der Waals surface area (Å²) < 4.78 is 38.2. The lowest BCUT2D eigenvalue weighted by Crippen LogP contribution is -2.51. The van der Waals surface area contributed by atoms with Gasteiger partial charge in [0.05, 0.1) is 32.1 Å². The molecule has 11 heteroatoms. The topological polar surface area (TPSA) is 96.1 Å². The Labute approximate surface area is 219 Å². The Balaban J connectivity index is 1.17. The molecule has 4 aromatic rings. The number of benzene rings is 1. The molecule has 2 aliphatic rings. The van der Waals surface area contributed by atoms with Gasteiger partial charge < -0.3 is 18.9 Å². The molecule has 0 saturated carbocycles. The van der Waals surface area contributed by atoms with Crippen LogP contribution < -0.4 is 9.47 Å². The second-order valence-corrected chi connectivity index (χ2v) is 9.91. The van der Waals surface area contributed by atoms with Crippen molar-refractivity contribution in [3.05, 3.63) is 65.2 Å². The Morgan fingerprint density at radius 3 is 2.63 bits per heavy atom. The molecule has 2 aliphatic heterocycles. The average molecular weight is 521 g/mol. The molecule has 0 unspecified atom stereocenters. The van der Waals surface area contributed by atoms with E-state index in [2.05, 4.69) is 26.3 Å². The summed E-state index contributed by atoms with van der Waals surface area (Å²) in [5.74, 6) is 0.353. The van der Waals surface area contributed by atoms with E-state index in [-0.39, 0.29) is 24.3 Å². The van der Waals surface area contributed by atoms with Gasteiger partial charge in [0, 0.05) is 36.8 Å². The number of methoxy groups -OCH3 is 1. The Hall–Kier alpha value is -3.67. The predicted octanol–water partition coefficient (Wildman–Crippen LogP) is 3.42. The molecule has 0 radical (unpaired) electrons. The predicted molar refractivity (Wildman–Crippen MR) is 135 cm³/mol. The van der Waals surface area contributed by atoms with Gasteiger partial charge in [-0.05, 0) is 49.7 Å².